The highest BCUT2D eigenvalue weighted by Crippen LogP contribution is 2.48. The van der Waals surface area contributed by atoms with Crippen molar-refractivity contribution < 1.29 is 14.6 Å². The molecular formula is C23H33FO2. The number of aliphatic hydroxyl groups is 2. The lowest BCUT2D eigenvalue weighted by Gasteiger charge is -2.44. The minimum Gasteiger partial charge on any atom is -0.393 e. The van der Waals surface area contributed by atoms with Gasteiger partial charge in [0.1, 0.15) is 11.4 Å². The van der Waals surface area contributed by atoms with Gasteiger partial charge in [-0.1, -0.05) is 59.2 Å². The van der Waals surface area contributed by atoms with Gasteiger partial charge in [0.25, 0.3) is 0 Å². The molecule has 0 saturated heterocycles. The average molecular weight is 361 g/mol. The summed E-state index contributed by atoms with van der Waals surface area (Å²) >= 11 is 0. The number of rotatable bonds is 7. The van der Waals surface area contributed by atoms with Crippen LogP contribution in [-0.2, 0) is 0 Å². The number of hydrogen-bond donors (Lipinski definition) is 2. The standard InChI is InChI=1S/C23H33FO2/c1-6-7-8-19-20(15(2)3)13-21(16(4)5)23(26,14-25)22(19)17-9-11-18(24)12-10-17/h9-13,15-16,21,25-26H,6-8,14H2,1-5H3. The van der Waals surface area contributed by atoms with Crippen molar-refractivity contribution >= 4 is 5.57 Å². The molecule has 2 rings (SSSR count). The summed E-state index contributed by atoms with van der Waals surface area (Å²) in [4.78, 5) is 0. The highest BCUT2D eigenvalue weighted by atomic mass is 19.1. The van der Waals surface area contributed by atoms with Crippen LogP contribution in [0.3, 0.4) is 0 Å². The van der Waals surface area contributed by atoms with E-state index in [1.807, 2.05) is 0 Å². The van der Waals surface area contributed by atoms with Crippen LogP contribution in [0.4, 0.5) is 4.39 Å². The third kappa shape index (κ3) is 3.94. The van der Waals surface area contributed by atoms with Gasteiger partial charge in [0.05, 0.1) is 6.61 Å². The molecule has 2 atom stereocenters. The molecule has 26 heavy (non-hydrogen) atoms. The molecule has 2 unspecified atom stereocenters. The predicted molar refractivity (Wildman–Crippen MR) is 106 cm³/mol. The van der Waals surface area contributed by atoms with Crippen LogP contribution in [0.5, 0.6) is 0 Å². The SMILES string of the molecule is CCCCC1=C(c2ccc(F)cc2)C(O)(CO)C(C(C)C)C=C1C(C)C. The molecule has 144 valence electrons. The van der Waals surface area contributed by atoms with Crippen molar-refractivity contribution in [3.05, 3.63) is 52.9 Å². The van der Waals surface area contributed by atoms with Crippen molar-refractivity contribution in [1.29, 1.82) is 0 Å². The fraction of sp³-hybridized carbons (Fsp3) is 0.565. The molecule has 0 aliphatic heterocycles. The van der Waals surface area contributed by atoms with E-state index in [2.05, 4.69) is 40.7 Å². The first-order valence-electron chi connectivity index (χ1n) is 9.81. The Morgan fingerprint density at radius 1 is 1.12 bits per heavy atom. The molecular weight excluding hydrogens is 327 g/mol. The van der Waals surface area contributed by atoms with Gasteiger partial charge in [0.15, 0.2) is 0 Å². The predicted octanol–water partition coefficient (Wildman–Crippen LogP) is 5.36. The maximum atomic E-state index is 13.5. The molecule has 0 spiro atoms. The van der Waals surface area contributed by atoms with Crippen LogP contribution >= 0.6 is 0 Å². The van der Waals surface area contributed by atoms with Crippen LogP contribution in [0.15, 0.2) is 41.5 Å². The Morgan fingerprint density at radius 2 is 1.73 bits per heavy atom. The third-order valence-electron chi connectivity index (χ3n) is 5.49. The molecule has 0 aromatic heterocycles. The highest BCUT2D eigenvalue weighted by Gasteiger charge is 2.45. The summed E-state index contributed by atoms with van der Waals surface area (Å²) in [6, 6.07) is 6.29. The first kappa shape index (κ1) is 20.9. The molecule has 0 amide bonds. The van der Waals surface area contributed by atoms with Gasteiger partial charge in [-0.05, 0) is 59.1 Å². The Bertz CT molecular complexity index is 670. The van der Waals surface area contributed by atoms with Crippen molar-refractivity contribution in [2.24, 2.45) is 17.8 Å². The molecule has 0 bridgehead atoms. The number of aliphatic hydroxyl groups excluding tert-OH is 1. The van der Waals surface area contributed by atoms with Crippen LogP contribution < -0.4 is 0 Å². The summed E-state index contributed by atoms with van der Waals surface area (Å²) in [6.45, 7) is 10.3. The first-order valence-corrected chi connectivity index (χ1v) is 9.81. The zero-order valence-electron chi connectivity index (χ0n) is 16.7. The minimum atomic E-state index is -1.35. The second kappa shape index (κ2) is 8.49. The maximum absolute atomic E-state index is 13.5. The Hall–Kier alpha value is -1.45. The average Bonchev–Trinajstić information content (AvgIpc) is 2.60. The first-order chi connectivity index (χ1) is 12.3. The number of hydrogen-bond acceptors (Lipinski definition) is 2. The van der Waals surface area contributed by atoms with Gasteiger partial charge >= 0.3 is 0 Å². The Morgan fingerprint density at radius 3 is 2.19 bits per heavy atom. The summed E-state index contributed by atoms with van der Waals surface area (Å²) in [5.41, 5.74) is 2.58. The van der Waals surface area contributed by atoms with E-state index < -0.39 is 5.60 Å². The molecule has 0 saturated carbocycles. The van der Waals surface area contributed by atoms with E-state index in [9.17, 15) is 14.6 Å². The Labute approximate surface area is 157 Å². The summed E-state index contributed by atoms with van der Waals surface area (Å²) in [5.74, 6) is 0.00837. The number of unbranched alkanes of at least 4 members (excludes halogenated alkanes) is 1. The number of halogens is 1. The van der Waals surface area contributed by atoms with Gasteiger partial charge < -0.3 is 10.2 Å². The van der Waals surface area contributed by atoms with Gasteiger partial charge in [-0.25, -0.2) is 4.39 Å². The second-order valence-corrected chi connectivity index (χ2v) is 8.09. The van der Waals surface area contributed by atoms with Crippen molar-refractivity contribution in [2.75, 3.05) is 6.61 Å². The van der Waals surface area contributed by atoms with Gasteiger partial charge in [0, 0.05) is 5.92 Å². The summed E-state index contributed by atoms with van der Waals surface area (Å²) in [7, 11) is 0. The van der Waals surface area contributed by atoms with E-state index in [1.165, 1.54) is 17.7 Å². The lowest BCUT2D eigenvalue weighted by Crippen LogP contribution is -2.47. The van der Waals surface area contributed by atoms with Gasteiger partial charge in [-0.15, -0.1) is 0 Å². The Kier molecular flexibility index (Phi) is 6.81. The molecule has 2 N–H and O–H groups in total. The quantitative estimate of drug-likeness (QED) is 0.687. The molecule has 1 aromatic rings. The van der Waals surface area contributed by atoms with E-state index in [0.29, 0.717) is 5.92 Å². The monoisotopic (exact) mass is 360 g/mol. The molecule has 1 aliphatic carbocycles. The third-order valence-corrected chi connectivity index (χ3v) is 5.49. The number of benzene rings is 1. The number of allylic oxidation sites excluding steroid dienone is 2. The van der Waals surface area contributed by atoms with Crippen molar-refractivity contribution in [3.63, 3.8) is 0 Å². The van der Waals surface area contributed by atoms with Crippen LogP contribution in [-0.4, -0.2) is 22.4 Å². The van der Waals surface area contributed by atoms with Crippen molar-refractivity contribution in [3.8, 4) is 0 Å². The largest absolute Gasteiger partial charge is 0.393 e. The van der Waals surface area contributed by atoms with Crippen LogP contribution in [0.1, 0.15) is 59.4 Å². The zero-order chi connectivity index (χ0) is 19.5. The zero-order valence-corrected chi connectivity index (χ0v) is 16.7. The molecule has 0 heterocycles. The maximum Gasteiger partial charge on any atom is 0.123 e. The van der Waals surface area contributed by atoms with Crippen LogP contribution in [0.25, 0.3) is 5.57 Å². The lowest BCUT2D eigenvalue weighted by molar-refractivity contribution is -0.0135. The minimum absolute atomic E-state index is 0.170. The van der Waals surface area contributed by atoms with Crippen LogP contribution in [0, 0.1) is 23.6 Å². The fourth-order valence-corrected chi connectivity index (χ4v) is 4.14. The smallest absolute Gasteiger partial charge is 0.123 e. The summed E-state index contributed by atoms with van der Waals surface area (Å²) in [6.07, 6.45) is 5.08. The van der Waals surface area contributed by atoms with Gasteiger partial charge in [-0.3, -0.25) is 0 Å². The topological polar surface area (TPSA) is 40.5 Å². The Balaban J connectivity index is 2.77. The summed E-state index contributed by atoms with van der Waals surface area (Å²) < 4.78 is 13.5. The normalized spacial score (nSPS) is 23.8. The fourth-order valence-electron chi connectivity index (χ4n) is 4.14. The van der Waals surface area contributed by atoms with Crippen molar-refractivity contribution in [2.45, 2.75) is 59.5 Å². The molecule has 0 fully saturated rings. The van der Waals surface area contributed by atoms with Crippen LogP contribution in [0.2, 0.25) is 0 Å². The van der Waals surface area contributed by atoms with E-state index in [-0.39, 0.29) is 24.3 Å². The molecule has 0 radical (unpaired) electrons. The lowest BCUT2D eigenvalue weighted by atomic mass is 9.65. The molecule has 1 aromatic carbocycles. The van der Waals surface area contributed by atoms with E-state index in [0.717, 1.165) is 36.0 Å². The van der Waals surface area contributed by atoms with Gasteiger partial charge in [0.2, 0.25) is 0 Å². The summed E-state index contributed by atoms with van der Waals surface area (Å²) in [5, 5.41) is 21.9. The van der Waals surface area contributed by atoms with Crippen molar-refractivity contribution in [1.82, 2.24) is 0 Å². The molecule has 3 heteroatoms. The highest BCUT2D eigenvalue weighted by molar-refractivity contribution is 5.80. The second-order valence-electron chi connectivity index (χ2n) is 8.09. The van der Waals surface area contributed by atoms with E-state index in [4.69, 9.17) is 0 Å². The van der Waals surface area contributed by atoms with E-state index in [1.54, 1.807) is 12.1 Å². The van der Waals surface area contributed by atoms with Gasteiger partial charge in [-0.2, -0.15) is 0 Å². The molecule has 1 aliphatic rings. The molecule has 2 nitrogen and oxygen atoms in total. The van der Waals surface area contributed by atoms with E-state index >= 15 is 0 Å².